The highest BCUT2D eigenvalue weighted by Crippen LogP contribution is 2.08. The quantitative estimate of drug-likeness (QED) is 0.847. The largest absolute Gasteiger partial charge is 0.383 e. The van der Waals surface area contributed by atoms with E-state index in [2.05, 4.69) is 78.8 Å². The maximum Gasteiger partial charge on any atom is 0.0340 e. The highest BCUT2D eigenvalue weighted by Gasteiger charge is 2.09. The Labute approximate surface area is 116 Å². The summed E-state index contributed by atoms with van der Waals surface area (Å²) in [6, 6.07) is 21.4. The lowest BCUT2D eigenvalue weighted by Gasteiger charge is -2.25. The molecule has 2 aromatic carbocycles. The van der Waals surface area contributed by atoms with Crippen LogP contribution in [0.5, 0.6) is 0 Å². The van der Waals surface area contributed by atoms with Gasteiger partial charge in [0.2, 0.25) is 0 Å². The Balaban J connectivity index is 1.81. The highest BCUT2D eigenvalue weighted by atomic mass is 15.1. The fourth-order valence-corrected chi connectivity index (χ4v) is 2.00. The molecule has 0 saturated heterocycles. The molecule has 0 aliphatic carbocycles. The number of likely N-dealkylation sites (N-methyl/N-ethyl adjacent to an activating group) is 1. The maximum atomic E-state index is 3.47. The van der Waals surface area contributed by atoms with Crippen molar-refractivity contribution < 1.29 is 0 Å². The lowest BCUT2D eigenvalue weighted by Crippen LogP contribution is -2.34. The summed E-state index contributed by atoms with van der Waals surface area (Å²) in [5.41, 5.74) is 2.54. The van der Waals surface area contributed by atoms with Crippen LogP contribution in [0.25, 0.3) is 0 Å². The molecule has 100 valence electrons. The van der Waals surface area contributed by atoms with Gasteiger partial charge >= 0.3 is 0 Å². The number of hydrogen-bond donors (Lipinski definition) is 1. The predicted octanol–water partition coefficient (Wildman–Crippen LogP) is 3.62. The van der Waals surface area contributed by atoms with E-state index in [1.807, 2.05) is 6.07 Å². The zero-order valence-corrected chi connectivity index (χ0v) is 11.7. The monoisotopic (exact) mass is 254 g/mol. The molecule has 0 heterocycles. The minimum Gasteiger partial charge on any atom is -0.383 e. The number of benzene rings is 2. The minimum absolute atomic E-state index is 0.486. The fourth-order valence-electron chi connectivity index (χ4n) is 2.00. The lowest BCUT2D eigenvalue weighted by molar-refractivity contribution is 0.259. The molecule has 0 aliphatic rings. The Morgan fingerprint density at radius 2 is 1.53 bits per heavy atom. The van der Waals surface area contributed by atoms with Crippen molar-refractivity contribution >= 4 is 5.69 Å². The van der Waals surface area contributed by atoms with Crippen LogP contribution in [0.1, 0.15) is 12.5 Å². The molecule has 0 aromatic heterocycles. The molecule has 0 bridgehead atoms. The van der Waals surface area contributed by atoms with E-state index in [9.17, 15) is 0 Å². The number of nitrogens with one attached hydrogen (secondary N) is 1. The zero-order chi connectivity index (χ0) is 13.5. The topological polar surface area (TPSA) is 15.3 Å². The minimum atomic E-state index is 0.486. The lowest BCUT2D eigenvalue weighted by atomic mass is 10.2. The highest BCUT2D eigenvalue weighted by molar-refractivity contribution is 5.42. The number of anilines is 1. The number of hydrogen-bond acceptors (Lipinski definition) is 2. The summed E-state index contributed by atoms with van der Waals surface area (Å²) >= 11 is 0. The molecule has 1 unspecified atom stereocenters. The van der Waals surface area contributed by atoms with Gasteiger partial charge in [-0.05, 0) is 31.7 Å². The Hall–Kier alpha value is -1.80. The van der Waals surface area contributed by atoms with Crippen molar-refractivity contribution in [3.8, 4) is 0 Å². The Bertz CT molecular complexity index is 467. The first kappa shape index (κ1) is 13.6. The Kier molecular flexibility index (Phi) is 4.99. The van der Waals surface area contributed by atoms with E-state index in [0.29, 0.717) is 6.04 Å². The van der Waals surface area contributed by atoms with Gasteiger partial charge in [-0.1, -0.05) is 48.5 Å². The van der Waals surface area contributed by atoms with E-state index in [1.165, 1.54) is 11.3 Å². The predicted molar refractivity (Wildman–Crippen MR) is 82.3 cm³/mol. The van der Waals surface area contributed by atoms with Gasteiger partial charge in [-0.3, -0.25) is 4.90 Å². The Morgan fingerprint density at radius 3 is 2.16 bits per heavy atom. The summed E-state index contributed by atoms with van der Waals surface area (Å²) in [6.07, 6.45) is 0. The van der Waals surface area contributed by atoms with Crippen molar-refractivity contribution in [3.63, 3.8) is 0 Å². The van der Waals surface area contributed by atoms with Gasteiger partial charge in [-0.15, -0.1) is 0 Å². The van der Waals surface area contributed by atoms with Crippen molar-refractivity contribution in [1.82, 2.24) is 4.90 Å². The molecule has 1 N–H and O–H groups in total. The van der Waals surface area contributed by atoms with Crippen molar-refractivity contribution in [2.45, 2.75) is 19.5 Å². The van der Waals surface area contributed by atoms with Crippen LogP contribution in [0.15, 0.2) is 60.7 Å². The second-order valence-corrected chi connectivity index (χ2v) is 5.00. The first-order valence-electron chi connectivity index (χ1n) is 6.79. The average molecular weight is 254 g/mol. The summed E-state index contributed by atoms with van der Waals surface area (Å²) < 4.78 is 0. The van der Waals surface area contributed by atoms with E-state index in [1.54, 1.807) is 0 Å². The smallest absolute Gasteiger partial charge is 0.0340 e. The summed E-state index contributed by atoms with van der Waals surface area (Å²) in [5, 5.41) is 3.47. The van der Waals surface area contributed by atoms with Gasteiger partial charge in [-0.25, -0.2) is 0 Å². The molecule has 0 aliphatic heterocycles. The van der Waals surface area contributed by atoms with Crippen molar-refractivity contribution in [3.05, 3.63) is 66.2 Å². The van der Waals surface area contributed by atoms with Gasteiger partial charge in [0.1, 0.15) is 0 Å². The van der Waals surface area contributed by atoms with Crippen LogP contribution in [0, 0.1) is 0 Å². The number of rotatable bonds is 6. The normalized spacial score (nSPS) is 12.4. The summed E-state index contributed by atoms with van der Waals surface area (Å²) in [5.74, 6) is 0. The first-order chi connectivity index (χ1) is 9.25. The van der Waals surface area contributed by atoms with Gasteiger partial charge in [0, 0.05) is 24.8 Å². The second-order valence-electron chi connectivity index (χ2n) is 5.00. The summed E-state index contributed by atoms with van der Waals surface area (Å²) in [4.78, 5) is 2.37. The molecule has 2 rings (SSSR count). The van der Waals surface area contributed by atoms with E-state index in [-0.39, 0.29) is 0 Å². The van der Waals surface area contributed by atoms with Crippen molar-refractivity contribution in [2.24, 2.45) is 0 Å². The Morgan fingerprint density at radius 1 is 0.947 bits per heavy atom. The second kappa shape index (κ2) is 6.95. The first-order valence-corrected chi connectivity index (χ1v) is 6.79. The van der Waals surface area contributed by atoms with E-state index < -0.39 is 0 Å². The van der Waals surface area contributed by atoms with Crippen LogP contribution in [-0.2, 0) is 6.54 Å². The zero-order valence-electron chi connectivity index (χ0n) is 11.7. The molecule has 2 aromatic rings. The summed E-state index contributed by atoms with van der Waals surface area (Å²) in [7, 11) is 2.17. The van der Waals surface area contributed by atoms with Crippen LogP contribution < -0.4 is 5.32 Å². The van der Waals surface area contributed by atoms with Crippen LogP contribution >= 0.6 is 0 Å². The molecular weight excluding hydrogens is 232 g/mol. The van der Waals surface area contributed by atoms with Gasteiger partial charge < -0.3 is 5.32 Å². The van der Waals surface area contributed by atoms with Crippen LogP contribution in [0.3, 0.4) is 0 Å². The van der Waals surface area contributed by atoms with Gasteiger partial charge in [0.15, 0.2) is 0 Å². The molecule has 2 heteroatoms. The third-order valence-corrected chi connectivity index (χ3v) is 3.40. The molecule has 0 saturated carbocycles. The number of nitrogens with zero attached hydrogens (tertiary/aromatic N) is 1. The number of para-hydroxylation sites is 1. The van der Waals surface area contributed by atoms with Crippen molar-refractivity contribution in [2.75, 3.05) is 18.9 Å². The SMILES string of the molecule is CC(CNc1ccccc1)N(C)Cc1ccccc1. The molecule has 19 heavy (non-hydrogen) atoms. The van der Waals surface area contributed by atoms with Crippen molar-refractivity contribution in [1.29, 1.82) is 0 Å². The molecule has 0 spiro atoms. The van der Waals surface area contributed by atoms with Crippen LogP contribution in [0.4, 0.5) is 5.69 Å². The van der Waals surface area contributed by atoms with Gasteiger partial charge in [0.05, 0.1) is 0 Å². The standard InChI is InChI=1S/C17H22N2/c1-15(13-18-17-11-7-4-8-12-17)19(2)14-16-9-5-3-6-10-16/h3-12,15,18H,13-14H2,1-2H3. The molecule has 0 amide bonds. The van der Waals surface area contributed by atoms with E-state index >= 15 is 0 Å². The molecule has 0 radical (unpaired) electrons. The fraction of sp³-hybridized carbons (Fsp3) is 0.294. The van der Waals surface area contributed by atoms with Crippen LogP contribution in [-0.4, -0.2) is 24.5 Å². The van der Waals surface area contributed by atoms with Gasteiger partial charge in [0.25, 0.3) is 0 Å². The maximum absolute atomic E-state index is 3.47. The molecular formula is C17H22N2. The van der Waals surface area contributed by atoms with E-state index in [0.717, 1.165) is 13.1 Å². The molecule has 1 atom stereocenters. The molecule has 2 nitrogen and oxygen atoms in total. The van der Waals surface area contributed by atoms with E-state index in [4.69, 9.17) is 0 Å². The molecule has 0 fully saturated rings. The average Bonchev–Trinajstić information content (AvgIpc) is 2.47. The third kappa shape index (κ3) is 4.42. The summed E-state index contributed by atoms with van der Waals surface area (Å²) in [6.45, 7) is 4.19. The third-order valence-electron chi connectivity index (χ3n) is 3.40. The van der Waals surface area contributed by atoms with Crippen LogP contribution in [0.2, 0.25) is 0 Å². The van der Waals surface area contributed by atoms with Gasteiger partial charge in [-0.2, -0.15) is 0 Å².